The summed E-state index contributed by atoms with van der Waals surface area (Å²) in [4.78, 5) is 0.258. The molecule has 0 N–H and O–H groups in total. The molecule has 1 saturated carbocycles. The standard InChI is InChI=1S/C19H24FN3O2S/c1-13-7-8-15-11-16(20)9-10-18(15)23(13)26(24,25)19-12-22(21-14(19)2)17-5-3-4-6-17/h9-13,17H,3-8H2,1-2H3. The Morgan fingerprint density at radius 2 is 1.92 bits per heavy atom. The maximum absolute atomic E-state index is 13.6. The van der Waals surface area contributed by atoms with Crippen molar-refractivity contribution in [1.29, 1.82) is 0 Å². The first kappa shape index (κ1) is 17.5. The molecule has 7 heteroatoms. The number of aromatic nitrogens is 2. The van der Waals surface area contributed by atoms with Crippen LogP contribution in [-0.4, -0.2) is 24.2 Å². The van der Waals surface area contributed by atoms with E-state index in [1.54, 1.807) is 19.2 Å². The highest BCUT2D eigenvalue weighted by molar-refractivity contribution is 7.93. The predicted molar refractivity (Wildman–Crippen MR) is 98.3 cm³/mol. The first-order valence-corrected chi connectivity index (χ1v) is 10.7. The van der Waals surface area contributed by atoms with Crippen LogP contribution in [-0.2, 0) is 16.4 Å². The molecule has 1 aromatic carbocycles. The molecule has 0 amide bonds. The van der Waals surface area contributed by atoms with E-state index >= 15 is 0 Å². The Morgan fingerprint density at radius 3 is 2.65 bits per heavy atom. The molecule has 1 unspecified atom stereocenters. The van der Waals surface area contributed by atoms with Crippen LogP contribution in [0.25, 0.3) is 0 Å². The van der Waals surface area contributed by atoms with Gasteiger partial charge in [-0.05, 0) is 63.3 Å². The van der Waals surface area contributed by atoms with Crippen LogP contribution in [0.15, 0.2) is 29.3 Å². The Bertz CT molecular complexity index is 932. The average Bonchev–Trinajstić information content (AvgIpc) is 3.24. The molecule has 140 valence electrons. The zero-order valence-electron chi connectivity index (χ0n) is 15.2. The molecule has 1 atom stereocenters. The summed E-state index contributed by atoms with van der Waals surface area (Å²) in [6.45, 7) is 3.65. The van der Waals surface area contributed by atoms with Crippen LogP contribution < -0.4 is 4.31 Å². The SMILES string of the molecule is Cc1nn(C2CCCC2)cc1S(=O)(=O)N1c2ccc(F)cc2CCC1C. The molecule has 2 heterocycles. The summed E-state index contributed by atoms with van der Waals surface area (Å²) in [6, 6.07) is 4.46. The average molecular weight is 377 g/mol. The smallest absolute Gasteiger partial charge is 0.267 e. The molecule has 4 rings (SSSR count). The number of sulfonamides is 1. The first-order chi connectivity index (χ1) is 12.4. The number of rotatable bonds is 3. The van der Waals surface area contributed by atoms with E-state index < -0.39 is 10.0 Å². The summed E-state index contributed by atoms with van der Waals surface area (Å²) in [5, 5.41) is 4.50. The fourth-order valence-electron chi connectivity index (χ4n) is 4.23. The van der Waals surface area contributed by atoms with Crippen molar-refractivity contribution in [3.63, 3.8) is 0 Å². The van der Waals surface area contributed by atoms with Gasteiger partial charge in [-0.15, -0.1) is 0 Å². The fourth-order valence-corrected chi connectivity index (χ4v) is 6.12. The number of hydrogen-bond donors (Lipinski definition) is 0. The molecule has 2 aliphatic rings. The molecule has 1 aromatic heterocycles. The molecule has 1 fully saturated rings. The first-order valence-electron chi connectivity index (χ1n) is 9.26. The third kappa shape index (κ3) is 2.82. The van der Waals surface area contributed by atoms with E-state index in [1.165, 1.54) is 16.4 Å². The molecular weight excluding hydrogens is 353 g/mol. The van der Waals surface area contributed by atoms with E-state index in [2.05, 4.69) is 5.10 Å². The third-order valence-electron chi connectivity index (χ3n) is 5.62. The molecule has 1 aliphatic heterocycles. The lowest BCUT2D eigenvalue weighted by atomic mass is 9.99. The lowest BCUT2D eigenvalue weighted by molar-refractivity contribution is 0.464. The largest absolute Gasteiger partial charge is 0.268 e. The van der Waals surface area contributed by atoms with Gasteiger partial charge in [0.15, 0.2) is 0 Å². The molecule has 1 aliphatic carbocycles. The molecule has 0 spiro atoms. The van der Waals surface area contributed by atoms with Crippen molar-refractivity contribution in [3.05, 3.63) is 41.5 Å². The number of fused-ring (bicyclic) bond motifs is 1. The van der Waals surface area contributed by atoms with Gasteiger partial charge in [-0.3, -0.25) is 8.99 Å². The molecule has 2 aromatic rings. The Morgan fingerprint density at radius 1 is 1.19 bits per heavy atom. The molecular formula is C19H24FN3O2S. The van der Waals surface area contributed by atoms with Crippen molar-refractivity contribution in [2.45, 2.75) is 69.4 Å². The Hall–Kier alpha value is -1.89. The van der Waals surface area contributed by atoms with E-state index in [4.69, 9.17) is 0 Å². The quantitative estimate of drug-likeness (QED) is 0.813. The third-order valence-corrected chi connectivity index (χ3v) is 7.65. The second-order valence-corrected chi connectivity index (χ2v) is 9.24. The summed E-state index contributed by atoms with van der Waals surface area (Å²) < 4.78 is 43.8. The number of halogens is 1. The highest BCUT2D eigenvalue weighted by atomic mass is 32.2. The van der Waals surface area contributed by atoms with Crippen molar-refractivity contribution in [2.24, 2.45) is 0 Å². The van der Waals surface area contributed by atoms with Crippen LogP contribution in [0, 0.1) is 12.7 Å². The molecule has 0 radical (unpaired) electrons. The monoisotopic (exact) mass is 377 g/mol. The van der Waals surface area contributed by atoms with Crippen molar-refractivity contribution in [3.8, 4) is 0 Å². The van der Waals surface area contributed by atoms with Crippen molar-refractivity contribution < 1.29 is 12.8 Å². The zero-order valence-corrected chi connectivity index (χ0v) is 16.0. The topological polar surface area (TPSA) is 55.2 Å². The second kappa shape index (κ2) is 6.37. The Labute approximate surface area is 153 Å². The lowest BCUT2D eigenvalue weighted by Gasteiger charge is -2.35. The number of nitrogens with zero attached hydrogens (tertiary/aromatic N) is 3. The van der Waals surface area contributed by atoms with Crippen LogP contribution >= 0.6 is 0 Å². The lowest BCUT2D eigenvalue weighted by Crippen LogP contribution is -2.42. The number of hydrogen-bond acceptors (Lipinski definition) is 3. The highest BCUT2D eigenvalue weighted by Crippen LogP contribution is 2.37. The molecule has 5 nitrogen and oxygen atoms in total. The van der Waals surface area contributed by atoms with E-state index in [0.29, 0.717) is 24.2 Å². The van der Waals surface area contributed by atoms with Gasteiger partial charge < -0.3 is 0 Å². The van der Waals surface area contributed by atoms with E-state index in [0.717, 1.165) is 31.2 Å². The van der Waals surface area contributed by atoms with Gasteiger partial charge in [0.05, 0.1) is 17.4 Å². The van der Waals surface area contributed by atoms with E-state index in [1.807, 2.05) is 11.6 Å². The minimum atomic E-state index is -3.75. The second-order valence-electron chi connectivity index (χ2n) is 7.46. The van der Waals surface area contributed by atoms with Gasteiger partial charge in [-0.2, -0.15) is 5.10 Å². The molecule has 0 bridgehead atoms. The van der Waals surface area contributed by atoms with Gasteiger partial charge in [-0.25, -0.2) is 12.8 Å². The number of anilines is 1. The molecule has 0 saturated heterocycles. The Kier molecular flexibility index (Phi) is 4.29. The zero-order chi connectivity index (χ0) is 18.5. The van der Waals surface area contributed by atoms with Crippen LogP contribution in [0.3, 0.4) is 0 Å². The van der Waals surface area contributed by atoms with Gasteiger partial charge >= 0.3 is 0 Å². The van der Waals surface area contributed by atoms with Gasteiger partial charge in [0.2, 0.25) is 0 Å². The van der Waals surface area contributed by atoms with Gasteiger partial charge in [0, 0.05) is 12.2 Å². The van der Waals surface area contributed by atoms with Gasteiger partial charge in [-0.1, -0.05) is 12.8 Å². The Balaban J connectivity index is 1.77. The van der Waals surface area contributed by atoms with Gasteiger partial charge in [0.25, 0.3) is 10.0 Å². The van der Waals surface area contributed by atoms with Crippen molar-refractivity contribution in [1.82, 2.24) is 9.78 Å². The minimum absolute atomic E-state index is 0.174. The van der Waals surface area contributed by atoms with Crippen LogP contribution in [0.1, 0.15) is 56.3 Å². The van der Waals surface area contributed by atoms with Crippen LogP contribution in [0.2, 0.25) is 0 Å². The predicted octanol–water partition coefficient (Wildman–Crippen LogP) is 3.98. The van der Waals surface area contributed by atoms with Crippen molar-refractivity contribution in [2.75, 3.05) is 4.31 Å². The minimum Gasteiger partial charge on any atom is -0.268 e. The highest BCUT2D eigenvalue weighted by Gasteiger charge is 2.36. The number of benzene rings is 1. The normalized spacial score (nSPS) is 21.2. The van der Waals surface area contributed by atoms with Crippen LogP contribution in [0.4, 0.5) is 10.1 Å². The number of aryl methyl sites for hydroxylation is 2. The summed E-state index contributed by atoms with van der Waals surface area (Å²) in [5.41, 5.74) is 1.85. The van der Waals surface area contributed by atoms with E-state index in [-0.39, 0.29) is 22.8 Å². The summed E-state index contributed by atoms with van der Waals surface area (Å²) in [5.74, 6) is -0.333. The maximum Gasteiger partial charge on any atom is 0.267 e. The maximum atomic E-state index is 13.6. The summed E-state index contributed by atoms with van der Waals surface area (Å²) >= 11 is 0. The summed E-state index contributed by atoms with van der Waals surface area (Å²) in [7, 11) is -3.75. The van der Waals surface area contributed by atoms with Gasteiger partial charge in [0.1, 0.15) is 10.7 Å². The van der Waals surface area contributed by atoms with Crippen LogP contribution in [0.5, 0.6) is 0 Å². The van der Waals surface area contributed by atoms with Crippen molar-refractivity contribution >= 4 is 15.7 Å². The fraction of sp³-hybridized carbons (Fsp3) is 0.526. The van der Waals surface area contributed by atoms with E-state index in [9.17, 15) is 12.8 Å². The molecule has 26 heavy (non-hydrogen) atoms. The summed E-state index contributed by atoms with van der Waals surface area (Å²) in [6.07, 6.45) is 7.45.